The maximum atomic E-state index is 11.8. The number of amides is 2. The maximum absolute atomic E-state index is 11.8. The molecule has 4 rings (SSSR count). The lowest BCUT2D eigenvalue weighted by atomic mass is 9.88. The summed E-state index contributed by atoms with van der Waals surface area (Å²) in [5.74, 6) is 1.30. The van der Waals surface area contributed by atoms with E-state index in [2.05, 4.69) is 42.2 Å². The topological polar surface area (TPSA) is 73.6 Å². The Morgan fingerprint density at radius 3 is 2.39 bits per heavy atom. The minimum absolute atomic E-state index is 0.106. The van der Waals surface area contributed by atoms with Crippen molar-refractivity contribution in [3.05, 3.63) is 64.7 Å². The van der Waals surface area contributed by atoms with Crippen molar-refractivity contribution < 1.29 is 14.3 Å². The van der Waals surface area contributed by atoms with E-state index < -0.39 is 0 Å². The molecule has 2 aromatic rings. The summed E-state index contributed by atoms with van der Waals surface area (Å²) in [6, 6.07) is 16.7. The second-order valence-electron chi connectivity index (χ2n) is 10.2. The third-order valence-corrected chi connectivity index (χ3v) is 7.64. The standard InChI is InChI=1S/C30H37N3O3/c1-22-18-26(10-13-28(22)36-17-16-33-29(34)14-15-30(33)35)21-32(20-25-6-4-3-5-7-25)23(2)27-11-8-24(19-31)9-12-27/h8-13,18,23,25H,3-7,14-17,20-21H2,1-2H3. The lowest BCUT2D eigenvalue weighted by molar-refractivity contribution is -0.138. The monoisotopic (exact) mass is 487 g/mol. The van der Waals surface area contributed by atoms with Crippen LogP contribution < -0.4 is 4.74 Å². The zero-order valence-corrected chi connectivity index (χ0v) is 21.5. The van der Waals surface area contributed by atoms with Gasteiger partial charge in [-0.25, -0.2) is 0 Å². The fourth-order valence-electron chi connectivity index (χ4n) is 5.43. The van der Waals surface area contributed by atoms with Gasteiger partial charge in [-0.15, -0.1) is 0 Å². The van der Waals surface area contributed by atoms with Crippen LogP contribution in [0.4, 0.5) is 0 Å². The SMILES string of the molecule is Cc1cc(CN(CC2CCCCC2)C(C)c2ccc(C#N)cc2)ccc1OCCN1C(=O)CCC1=O. The highest BCUT2D eigenvalue weighted by atomic mass is 16.5. The lowest BCUT2D eigenvalue weighted by Gasteiger charge is -2.34. The van der Waals surface area contributed by atoms with Crippen molar-refractivity contribution in [3.8, 4) is 11.8 Å². The number of carbonyl (C=O) groups is 2. The Hall–Kier alpha value is -3.17. The molecule has 0 spiro atoms. The molecule has 2 fully saturated rings. The molecule has 1 unspecified atom stereocenters. The second kappa shape index (κ2) is 12.2. The molecule has 1 aliphatic carbocycles. The third-order valence-electron chi connectivity index (χ3n) is 7.64. The van der Waals surface area contributed by atoms with E-state index in [0.717, 1.165) is 30.3 Å². The minimum Gasteiger partial charge on any atom is -0.491 e. The van der Waals surface area contributed by atoms with Crippen LogP contribution in [0, 0.1) is 24.2 Å². The van der Waals surface area contributed by atoms with E-state index in [-0.39, 0.29) is 17.9 Å². The molecular formula is C30H37N3O3. The average molecular weight is 488 g/mol. The maximum Gasteiger partial charge on any atom is 0.229 e. The number of benzene rings is 2. The third kappa shape index (κ3) is 6.53. The fraction of sp³-hybridized carbons (Fsp3) is 0.500. The summed E-state index contributed by atoms with van der Waals surface area (Å²) in [5, 5.41) is 9.17. The van der Waals surface area contributed by atoms with Crippen LogP contribution in [0.5, 0.6) is 5.75 Å². The van der Waals surface area contributed by atoms with Gasteiger partial charge in [0.25, 0.3) is 0 Å². The molecule has 0 bridgehead atoms. The summed E-state index contributed by atoms with van der Waals surface area (Å²) < 4.78 is 5.93. The van der Waals surface area contributed by atoms with Gasteiger partial charge in [-0.05, 0) is 67.5 Å². The Morgan fingerprint density at radius 2 is 1.75 bits per heavy atom. The first-order chi connectivity index (χ1) is 17.4. The molecule has 1 saturated carbocycles. The molecule has 1 saturated heterocycles. The summed E-state index contributed by atoms with van der Waals surface area (Å²) in [6.07, 6.45) is 7.21. The first kappa shape index (κ1) is 25.9. The Labute approximate surface area is 214 Å². The van der Waals surface area contributed by atoms with E-state index in [0.29, 0.717) is 31.6 Å². The van der Waals surface area contributed by atoms with Crippen molar-refractivity contribution in [1.82, 2.24) is 9.80 Å². The predicted octanol–water partition coefficient (Wildman–Crippen LogP) is 5.54. The molecule has 190 valence electrons. The summed E-state index contributed by atoms with van der Waals surface area (Å²) in [7, 11) is 0. The molecule has 1 aliphatic heterocycles. The molecule has 6 heteroatoms. The van der Waals surface area contributed by atoms with Crippen molar-refractivity contribution in [2.24, 2.45) is 5.92 Å². The number of carbonyl (C=O) groups excluding carboxylic acids is 2. The molecule has 2 aliphatic rings. The van der Waals surface area contributed by atoms with Crippen LogP contribution in [0.1, 0.15) is 80.2 Å². The van der Waals surface area contributed by atoms with Crippen LogP contribution in [0.2, 0.25) is 0 Å². The highest BCUT2D eigenvalue weighted by molar-refractivity contribution is 6.01. The molecule has 2 aromatic carbocycles. The van der Waals surface area contributed by atoms with E-state index in [4.69, 9.17) is 10.00 Å². The molecular weight excluding hydrogens is 450 g/mol. The van der Waals surface area contributed by atoms with Crippen molar-refractivity contribution in [1.29, 1.82) is 5.26 Å². The number of imide groups is 1. The minimum atomic E-state index is -0.106. The van der Waals surface area contributed by atoms with Crippen LogP contribution in [0.25, 0.3) is 0 Å². The molecule has 36 heavy (non-hydrogen) atoms. The number of aryl methyl sites for hydroxylation is 1. The summed E-state index contributed by atoms with van der Waals surface area (Å²) in [4.78, 5) is 27.5. The number of nitriles is 1. The van der Waals surface area contributed by atoms with Gasteiger partial charge in [0.1, 0.15) is 12.4 Å². The fourth-order valence-corrected chi connectivity index (χ4v) is 5.43. The van der Waals surface area contributed by atoms with Crippen LogP contribution in [-0.4, -0.2) is 41.3 Å². The summed E-state index contributed by atoms with van der Waals surface area (Å²) in [5.41, 5.74) is 4.21. The molecule has 2 amide bonds. The van der Waals surface area contributed by atoms with Crippen LogP contribution in [0.3, 0.4) is 0 Å². The van der Waals surface area contributed by atoms with E-state index >= 15 is 0 Å². The smallest absolute Gasteiger partial charge is 0.229 e. The highest BCUT2D eigenvalue weighted by Crippen LogP contribution is 2.30. The van der Waals surface area contributed by atoms with E-state index in [1.807, 2.05) is 25.1 Å². The van der Waals surface area contributed by atoms with Crippen molar-refractivity contribution >= 4 is 11.8 Å². The Kier molecular flexibility index (Phi) is 8.77. The number of rotatable bonds is 10. The quantitative estimate of drug-likeness (QED) is 0.412. The molecule has 0 aromatic heterocycles. The van der Waals surface area contributed by atoms with Gasteiger partial charge >= 0.3 is 0 Å². The van der Waals surface area contributed by atoms with Crippen molar-refractivity contribution in [2.75, 3.05) is 19.7 Å². The second-order valence-corrected chi connectivity index (χ2v) is 10.2. The van der Waals surface area contributed by atoms with Gasteiger partial charge < -0.3 is 4.74 Å². The predicted molar refractivity (Wildman–Crippen MR) is 139 cm³/mol. The number of nitrogens with zero attached hydrogens (tertiary/aromatic N) is 3. The van der Waals surface area contributed by atoms with E-state index in [9.17, 15) is 9.59 Å². The molecule has 0 radical (unpaired) electrons. The van der Waals surface area contributed by atoms with Gasteiger partial charge in [0.15, 0.2) is 0 Å². The molecule has 1 atom stereocenters. The molecule has 6 nitrogen and oxygen atoms in total. The summed E-state index contributed by atoms with van der Waals surface area (Å²) >= 11 is 0. The van der Waals surface area contributed by atoms with Gasteiger partial charge in [-0.2, -0.15) is 5.26 Å². The van der Waals surface area contributed by atoms with Gasteiger partial charge in [-0.3, -0.25) is 19.4 Å². The zero-order valence-electron chi connectivity index (χ0n) is 21.5. The lowest BCUT2D eigenvalue weighted by Crippen LogP contribution is -2.33. The Balaban J connectivity index is 1.42. The number of hydrogen-bond acceptors (Lipinski definition) is 5. The van der Waals surface area contributed by atoms with E-state index in [1.165, 1.54) is 48.1 Å². The normalized spacial score (nSPS) is 17.4. The summed E-state index contributed by atoms with van der Waals surface area (Å²) in [6.45, 7) is 6.82. The number of hydrogen-bond donors (Lipinski definition) is 0. The first-order valence-electron chi connectivity index (χ1n) is 13.2. The highest BCUT2D eigenvalue weighted by Gasteiger charge is 2.28. The largest absolute Gasteiger partial charge is 0.491 e. The number of ether oxygens (including phenoxy) is 1. The zero-order chi connectivity index (χ0) is 25.5. The van der Waals surface area contributed by atoms with Crippen LogP contribution in [-0.2, 0) is 16.1 Å². The molecule has 1 heterocycles. The van der Waals surface area contributed by atoms with Crippen LogP contribution in [0.15, 0.2) is 42.5 Å². The van der Waals surface area contributed by atoms with Gasteiger partial charge in [0.2, 0.25) is 11.8 Å². The van der Waals surface area contributed by atoms with Gasteiger partial charge in [-0.1, -0.05) is 43.5 Å². The Bertz CT molecular complexity index is 1080. The van der Waals surface area contributed by atoms with Crippen molar-refractivity contribution in [2.45, 2.75) is 71.4 Å². The van der Waals surface area contributed by atoms with Crippen LogP contribution >= 0.6 is 0 Å². The van der Waals surface area contributed by atoms with Gasteiger partial charge in [0, 0.05) is 32.0 Å². The van der Waals surface area contributed by atoms with E-state index in [1.54, 1.807) is 0 Å². The van der Waals surface area contributed by atoms with Gasteiger partial charge in [0.05, 0.1) is 18.2 Å². The number of likely N-dealkylation sites (tertiary alicyclic amines) is 1. The first-order valence-corrected chi connectivity index (χ1v) is 13.2. The Morgan fingerprint density at radius 1 is 1.06 bits per heavy atom. The molecule has 0 N–H and O–H groups in total. The van der Waals surface area contributed by atoms with Crippen molar-refractivity contribution in [3.63, 3.8) is 0 Å². The average Bonchev–Trinajstić information content (AvgIpc) is 3.22.